The first kappa shape index (κ1) is 11.8. The lowest BCUT2D eigenvalue weighted by atomic mass is 9.55. The summed E-state index contributed by atoms with van der Waals surface area (Å²) in [5.41, 5.74) is 2.00. The fourth-order valence-corrected chi connectivity index (χ4v) is 3.97. The number of amides is 1. The lowest BCUT2D eigenvalue weighted by molar-refractivity contribution is -0.122. The average molecular weight is 243 g/mol. The van der Waals surface area contributed by atoms with Gasteiger partial charge in [0.05, 0.1) is 0 Å². The van der Waals surface area contributed by atoms with E-state index in [1.54, 1.807) is 6.92 Å². The Morgan fingerprint density at radius 3 is 2.06 bits per heavy atom. The van der Waals surface area contributed by atoms with Crippen LogP contribution in [0.2, 0.25) is 0 Å². The Morgan fingerprint density at radius 2 is 1.56 bits per heavy atom. The van der Waals surface area contributed by atoms with Gasteiger partial charge in [0.25, 0.3) is 0 Å². The van der Waals surface area contributed by atoms with Crippen molar-refractivity contribution in [3.8, 4) is 0 Å². The molecule has 2 heteroatoms. The topological polar surface area (TPSA) is 29.1 Å². The van der Waals surface area contributed by atoms with Gasteiger partial charge in [-0.25, -0.2) is 0 Å². The van der Waals surface area contributed by atoms with Gasteiger partial charge in [0, 0.05) is 12.5 Å². The summed E-state index contributed by atoms with van der Waals surface area (Å²) in [6.45, 7) is 1.64. The van der Waals surface area contributed by atoms with Gasteiger partial charge in [-0.15, -0.1) is 0 Å². The Balaban J connectivity index is 1.81. The van der Waals surface area contributed by atoms with E-state index in [0.29, 0.717) is 5.41 Å². The van der Waals surface area contributed by atoms with Crippen molar-refractivity contribution in [2.45, 2.75) is 56.4 Å². The zero-order valence-electron chi connectivity index (χ0n) is 11.0. The monoisotopic (exact) mass is 243 g/mol. The predicted octanol–water partition coefficient (Wildman–Crippen LogP) is 3.17. The van der Waals surface area contributed by atoms with Crippen LogP contribution < -0.4 is 5.32 Å². The van der Waals surface area contributed by atoms with Gasteiger partial charge < -0.3 is 5.32 Å². The SMILES string of the molecule is CC(=O)NC12CCC(c3ccccc3)(CC1)CC2. The Morgan fingerprint density at radius 1 is 1.00 bits per heavy atom. The summed E-state index contributed by atoms with van der Waals surface area (Å²) in [5, 5.41) is 3.21. The van der Waals surface area contributed by atoms with Crippen LogP contribution in [0, 0.1) is 0 Å². The molecular weight excluding hydrogens is 222 g/mol. The number of carbonyl (C=O) groups excluding carboxylic acids is 1. The molecule has 1 aromatic carbocycles. The van der Waals surface area contributed by atoms with E-state index >= 15 is 0 Å². The van der Waals surface area contributed by atoms with Gasteiger partial charge in [-0.3, -0.25) is 4.79 Å². The van der Waals surface area contributed by atoms with E-state index in [9.17, 15) is 4.79 Å². The van der Waals surface area contributed by atoms with Crippen molar-refractivity contribution >= 4 is 5.91 Å². The molecule has 3 saturated carbocycles. The molecular formula is C16H21NO. The molecule has 3 aliphatic carbocycles. The van der Waals surface area contributed by atoms with Crippen LogP contribution in [-0.4, -0.2) is 11.4 Å². The molecule has 3 fully saturated rings. The molecule has 0 spiro atoms. The van der Waals surface area contributed by atoms with Crippen molar-refractivity contribution < 1.29 is 4.79 Å². The highest BCUT2D eigenvalue weighted by atomic mass is 16.1. The maximum Gasteiger partial charge on any atom is 0.217 e. The Hall–Kier alpha value is -1.31. The van der Waals surface area contributed by atoms with E-state index in [1.165, 1.54) is 24.8 Å². The zero-order chi connectivity index (χ0) is 12.6. The molecule has 1 amide bonds. The minimum absolute atomic E-state index is 0.113. The normalized spacial score (nSPS) is 34.3. The molecule has 0 saturated heterocycles. The minimum atomic E-state index is 0.113. The van der Waals surface area contributed by atoms with Gasteiger partial charge >= 0.3 is 0 Å². The second-order valence-corrected chi connectivity index (χ2v) is 6.11. The quantitative estimate of drug-likeness (QED) is 0.849. The Kier molecular flexibility index (Phi) is 2.69. The number of fused-ring (bicyclic) bond motifs is 3. The van der Waals surface area contributed by atoms with Gasteiger partial charge in [0.15, 0.2) is 0 Å². The first-order chi connectivity index (χ1) is 8.64. The molecule has 2 nitrogen and oxygen atoms in total. The molecule has 4 rings (SSSR count). The van der Waals surface area contributed by atoms with E-state index in [0.717, 1.165) is 19.3 Å². The minimum Gasteiger partial charge on any atom is -0.351 e. The van der Waals surface area contributed by atoms with Crippen molar-refractivity contribution in [3.05, 3.63) is 35.9 Å². The molecule has 1 aromatic rings. The third kappa shape index (κ3) is 1.84. The van der Waals surface area contributed by atoms with E-state index in [1.807, 2.05) is 0 Å². The first-order valence-electron chi connectivity index (χ1n) is 6.99. The molecule has 0 aromatic heterocycles. The number of carbonyl (C=O) groups is 1. The van der Waals surface area contributed by atoms with Gasteiger partial charge in [-0.2, -0.15) is 0 Å². The van der Waals surface area contributed by atoms with Crippen LogP contribution in [0.15, 0.2) is 30.3 Å². The largest absolute Gasteiger partial charge is 0.351 e. The third-order valence-electron chi connectivity index (χ3n) is 5.07. The predicted molar refractivity (Wildman–Crippen MR) is 72.4 cm³/mol. The number of rotatable bonds is 2. The molecule has 18 heavy (non-hydrogen) atoms. The molecule has 96 valence electrons. The maximum absolute atomic E-state index is 11.3. The van der Waals surface area contributed by atoms with Crippen LogP contribution in [0.25, 0.3) is 0 Å². The number of nitrogens with one attached hydrogen (secondary N) is 1. The van der Waals surface area contributed by atoms with E-state index in [-0.39, 0.29) is 11.4 Å². The lowest BCUT2D eigenvalue weighted by Gasteiger charge is -2.54. The van der Waals surface area contributed by atoms with Crippen LogP contribution in [0.3, 0.4) is 0 Å². The van der Waals surface area contributed by atoms with E-state index < -0.39 is 0 Å². The molecule has 1 N–H and O–H groups in total. The van der Waals surface area contributed by atoms with E-state index in [2.05, 4.69) is 35.6 Å². The van der Waals surface area contributed by atoms with Gasteiger partial charge in [-0.1, -0.05) is 30.3 Å². The Labute approximate surface area is 109 Å². The molecule has 0 atom stereocenters. The van der Waals surface area contributed by atoms with Gasteiger partial charge in [-0.05, 0) is 49.5 Å². The highest BCUT2D eigenvalue weighted by molar-refractivity contribution is 5.74. The average Bonchev–Trinajstić information content (AvgIpc) is 2.41. The van der Waals surface area contributed by atoms with Gasteiger partial charge in [0.2, 0.25) is 5.91 Å². The molecule has 2 bridgehead atoms. The third-order valence-corrected chi connectivity index (χ3v) is 5.07. The Bertz CT molecular complexity index is 427. The summed E-state index contributed by atoms with van der Waals surface area (Å²) in [5.74, 6) is 0.129. The van der Waals surface area contributed by atoms with Crippen LogP contribution in [0.5, 0.6) is 0 Å². The number of hydrogen-bond acceptors (Lipinski definition) is 1. The first-order valence-corrected chi connectivity index (χ1v) is 6.99. The van der Waals surface area contributed by atoms with Gasteiger partial charge in [0.1, 0.15) is 0 Å². The summed E-state index contributed by atoms with van der Waals surface area (Å²) in [6, 6.07) is 10.9. The summed E-state index contributed by atoms with van der Waals surface area (Å²) in [4.78, 5) is 11.3. The number of hydrogen-bond donors (Lipinski definition) is 1. The molecule has 3 aliphatic rings. The second kappa shape index (κ2) is 4.11. The number of benzene rings is 1. The van der Waals surface area contributed by atoms with Crippen LogP contribution in [0.4, 0.5) is 0 Å². The van der Waals surface area contributed by atoms with Crippen molar-refractivity contribution in [1.29, 1.82) is 0 Å². The van der Waals surface area contributed by atoms with Crippen molar-refractivity contribution in [2.24, 2.45) is 0 Å². The maximum atomic E-state index is 11.3. The van der Waals surface area contributed by atoms with Crippen molar-refractivity contribution in [2.75, 3.05) is 0 Å². The zero-order valence-corrected chi connectivity index (χ0v) is 11.0. The molecule has 0 heterocycles. The lowest BCUT2D eigenvalue weighted by Crippen LogP contribution is -2.57. The van der Waals surface area contributed by atoms with Crippen LogP contribution in [-0.2, 0) is 10.2 Å². The standard InChI is InChI=1S/C16H21NO/c1-13(18)17-16-10-7-15(8-11-16,9-12-16)14-5-3-2-4-6-14/h2-6H,7-12H2,1H3,(H,17,18). The van der Waals surface area contributed by atoms with Crippen molar-refractivity contribution in [3.63, 3.8) is 0 Å². The van der Waals surface area contributed by atoms with Crippen molar-refractivity contribution in [1.82, 2.24) is 5.32 Å². The second-order valence-electron chi connectivity index (χ2n) is 6.11. The summed E-state index contributed by atoms with van der Waals surface area (Å²) in [7, 11) is 0. The highest BCUT2D eigenvalue weighted by Crippen LogP contribution is 2.53. The summed E-state index contributed by atoms with van der Waals surface area (Å²) >= 11 is 0. The molecule has 0 aliphatic heterocycles. The summed E-state index contributed by atoms with van der Waals surface area (Å²) in [6.07, 6.45) is 7.08. The molecule has 0 radical (unpaired) electrons. The molecule has 0 unspecified atom stereocenters. The fraction of sp³-hybridized carbons (Fsp3) is 0.562. The van der Waals surface area contributed by atoms with E-state index in [4.69, 9.17) is 0 Å². The summed E-state index contributed by atoms with van der Waals surface area (Å²) < 4.78 is 0. The van der Waals surface area contributed by atoms with Crippen LogP contribution >= 0.6 is 0 Å². The smallest absolute Gasteiger partial charge is 0.217 e. The highest BCUT2D eigenvalue weighted by Gasteiger charge is 2.49. The van der Waals surface area contributed by atoms with Crippen LogP contribution in [0.1, 0.15) is 51.0 Å². The fourth-order valence-electron chi connectivity index (χ4n) is 3.97.